The highest BCUT2D eigenvalue weighted by atomic mass is 19.4. The summed E-state index contributed by atoms with van der Waals surface area (Å²) in [4.78, 5) is 15.5. The zero-order valence-corrected chi connectivity index (χ0v) is 19.8. The van der Waals surface area contributed by atoms with Crippen LogP contribution in [-0.2, 0) is 12.7 Å². The van der Waals surface area contributed by atoms with Crippen LogP contribution in [0, 0.1) is 0 Å². The molecule has 1 aliphatic heterocycles. The smallest absolute Gasteiger partial charge is 0.453 e. The largest absolute Gasteiger partial charge is 0.507 e. The van der Waals surface area contributed by atoms with Gasteiger partial charge in [0.1, 0.15) is 17.1 Å². The zero-order valence-electron chi connectivity index (χ0n) is 19.8. The van der Waals surface area contributed by atoms with Gasteiger partial charge in [-0.1, -0.05) is 43.7 Å². The van der Waals surface area contributed by atoms with Crippen molar-refractivity contribution < 1.29 is 27.4 Å². The van der Waals surface area contributed by atoms with Crippen molar-refractivity contribution in [3.63, 3.8) is 0 Å². The van der Waals surface area contributed by atoms with E-state index in [0.717, 1.165) is 43.0 Å². The number of halogens is 3. The molecule has 0 amide bonds. The van der Waals surface area contributed by atoms with Crippen molar-refractivity contribution in [2.24, 2.45) is 0 Å². The fourth-order valence-electron chi connectivity index (χ4n) is 5.00. The summed E-state index contributed by atoms with van der Waals surface area (Å²) in [5.74, 6) is -2.57. The van der Waals surface area contributed by atoms with E-state index in [4.69, 9.17) is 9.15 Å². The Morgan fingerprint density at radius 1 is 1.08 bits per heavy atom. The molecule has 0 aliphatic carbocycles. The lowest BCUT2D eigenvalue weighted by Gasteiger charge is -2.35. The first-order valence-corrected chi connectivity index (χ1v) is 12.1. The minimum atomic E-state index is -4.99. The summed E-state index contributed by atoms with van der Waals surface area (Å²) in [5.41, 5.74) is -1.03. The molecule has 5 rings (SSSR count). The molecule has 1 atom stereocenters. The van der Waals surface area contributed by atoms with Gasteiger partial charge in [-0.05, 0) is 60.8 Å². The summed E-state index contributed by atoms with van der Waals surface area (Å²) >= 11 is 0. The van der Waals surface area contributed by atoms with Gasteiger partial charge in [-0.25, -0.2) is 0 Å². The highest BCUT2D eigenvalue weighted by Gasteiger charge is 2.41. The van der Waals surface area contributed by atoms with Gasteiger partial charge in [0.2, 0.25) is 11.2 Å². The first kappa shape index (κ1) is 24.2. The second-order valence-corrected chi connectivity index (χ2v) is 9.17. The van der Waals surface area contributed by atoms with Crippen molar-refractivity contribution in [3.05, 3.63) is 76.1 Å². The lowest BCUT2D eigenvalue weighted by Crippen LogP contribution is -2.38. The molecule has 188 valence electrons. The number of aromatic hydroxyl groups is 1. The number of phenols is 1. The molecular weight excluding hydrogens is 471 g/mol. The van der Waals surface area contributed by atoms with Gasteiger partial charge >= 0.3 is 6.18 Å². The summed E-state index contributed by atoms with van der Waals surface area (Å²) in [5, 5.41) is 12.2. The molecule has 4 aromatic rings. The molecule has 1 aliphatic rings. The molecule has 0 radical (unpaired) electrons. The van der Waals surface area contributed by atoms with Crippen LogP contribution < -0.4 is 10.2 Å². The number of ether oxygens (including phenoxy) is 1. The average Bonchev–Trinajstić information content (AvgIpc) is 2.86. The van der Waals surface area contributed by atoms with E-state index in [-0.39, 0.29) is 40.6 Å². The molecule has 2 heterocycles. The molecule has 3 aromatic carbocycles. The third-order valence-corrected chi connectivity index (χ3v) is 6.88. The minimum absolute atomic E-state index is 0.0725. The number of rotatable bonds is 5. The standard InChI is InChI=1S/C28H26F3NO4/c1-2-19-9-5-6-14-32(19)16-22-23(33)13-12-21-24(34)26(27(28(29,30)31)36-25(21)22)35-20-11-10-17-7-3-4-8-18(17)15-20/h3-4,7-8,10-13,15,19,33H,2,5-6,9,14,16H2,1H3. The van der Waals surface area contributed by atoms with Crippen LogP contribution in [0.2, 0.25) is 0 Å². The van der Waals surface area contributed by atoms with Crippen molar-refractivity contribution in [3.8, 4) is 17.2 Å². The molecule has 0 saturated carbocycles. The molecule has 0 bridgehead atoms. The minimum Gasteiger partial charge on any atom is -0.507 e. The molecule has 8 heteroatoms. The topological polar surface area (TPSA) is 62.9 Å². The second kappa shape index (κ2) is 9.50. The third kappa shape index (κ3) is 4.53. The van der Waals surface area contributed by atoms with Crippen LogP contribution in [0.5, 0.6) is 17.2 Å². The zero-order chi connectivity index (χ0) is 25.4. The van der Waals surface area contributed by atoms with E-state index in [2.05, 4.69) is 11.8 Å². The predicted octanol–water partition coefficient (Wildman–Crippen LogP) is 7.23. The SMILES string of the molecule is CCC1CCCCN1Cc1c(O)ccc2c(=O)c(Oc3ccc4ccccc4c3)c(C(F)(F)F)oc12. The Hall–Kier alpha value is -3.52. The summed E-state index contributed by atoms with van der Waals surface area (Å²) in [6.07, 6.45) is -1.08. The van der Waals surface area contributed by atoms with Crippen molar-refractivity contribution in [2.75, 3.05) is 6.54 Å². The Morgan fingerprint density at radius 2 is 1.86 bits per heavy atom. The maximum absolute atomic E-state index is 14.1. The number of likely N-dealkylation sites (tertiary alicyclic amines) is 1. The van der Waals surface area contributed by atoms with Crippen LogP contribution in [0.3, 0.4) is 0 Å². The number of piperidine rings is 1. The monoisotopic (exact) mass is 497 g/mol. The Labute approximate surface area is 205 Å². The predicted molar refractivity (Wildman–Crippen MR) is 132 cm³/mol. The van der Waals surface area contributed by atoms with E-state index >= 15 is 0 Å². The van der Waals surface area contributed by atoms with Crippen molar-refractivity contribution >= 4 is 21.7 Å². The van der Waals surface area contributed by atoms with Gasteiger partial charge in [0, 0.05) is 12.6 Å². The quantitative estimate of drug-likeness (QED) is 0.315. The van der Waals surface area contributed by atoms with Gasteiger partial charge in [0.05, 0.1) is 10.9 Å². The van der Waals surface area contributed by atoms with E-state index in [1.165, 1.54) is 18.2 Å². The number of alkyl halides is 3. The van der Waals surface area contributed by atoms with E-state index in [1.807, 2.05) is 12.1 Å². The lowest BCUT2D eigenvalue weighted by molar-refractivity contribution is -0.154. The maximum Gasteiger partial charge on any atom is 0.453 e. The summed E-state index contributed by atoms with van der Waals surface area (Å²) < 4.78 is 53.3. The van der Waals surface area contributed by atoms with Gasteiger partial charge in [-0.3, -0.25) is 9.69 Å². The molecule has 1 aromatic heterocycles. The van der Waals surface area contributed by atoms with Crippen molar-refractivity contribution in [2.45, 2.75) is 51.4 Å². The van der Waals surface area contributed by atoms with Gasteiger partial charge < -0.3 is 14.3 Å². The fraction of sp³-hybridized carbons (Fsp3) is 0.321. The van der Waals surface area contributed by atoms with Crippen LogP contribution in [0.15, 0.2) is 63.8 Å². The Bertz CT molecular complexity index is 1480. The van der Waals surface area contributed by atoms with Crippen LogP contribution >= 0.6 is 0 Å². The summed E-state index contributed by atoms with van der Waals surface area (Å²) in [6, 6.07) is 15.0. The molecule has 5 nitrogen and oxygen atoms in total. The number of benzene rings is 3. The first-order chi connectivity index (χ1) is 17.3. The number of hydrogen-bond acceptors (Lipinski definition) is 5. The third-order valence-electron chi connectivity index (χ3n) is 6.88. The summed E-state index contributed by atoms with van der Waals surface area (Å²) in [7, 11) is 0. The highest BCUT2D eigenvalue weighted by molar-refractivity contribution is 5.85. The van der Waals surface area contributed by atoms with Gasteiger partial charge in [0.15, 0.2) is 0 Å². The van der Waals surface area contributed by atoms with Gasteiger partial charge in [0.25, 0.3) is 5.76 Å². The summed E-state index contributed by atoms with van der Waals surface area (Å²) in [6.45, 7) is 3.00. The van der Waals surface area contributed by atoms with Crippen LogP contribution in [0.25, 0.3) is 21.7 Å². The first-order valence-electron chi connectivity index (χ1n) is 12.1. The van der Waals surface area contributed by atoms with E-state index in [1.54, 1.807) is 24.3 Å². The van der Waals surface area contributed by atoms with E-state index in [0.29, 0.717) is 0 Å². The lowest BCUT2D eigenvalue weighted by atomic mass is 9.98. The maximum atomic E-state index is 14.1. The molecule has 1 unspecified atom stereocenters. The van der Waals surface area contributed by atoms with Crippen LogP contribution in [0.4, 0.5) is 13.2 Å². The van der Waals surface area contributed by atoms with E-state index < -0.39 is 23.1 Å². The average molecular weight is 498 g/mol. The Kier molecular flexibility index (Phi) is 6.38. The molecule has 1 N–H and O–H groups in total. The Morgan fingerprint density at radius 3 is 2.61 bits per heavy atom. The number of hydrogen-bond donors (Lipinski definition) is 1. The number of nitrogens with zero attached hydrogens (tertiary/aromatic N) is 1. The molecule has 0 spiro atoms. The molecule has 36 heavy (non-hydrogen) atoms. The Balaban J connectivity index is 1.64. The van der Waals surface area contributed by atoms with Crippen LogP contribution in [-0.4, -0.2) is 22.6 Å². The van der Waals surface area contributed by atoms with Gasteiger partial charge in [-0.15, -0.1) is 0 Å². The van der Waals surface area contributed by atoms with Crippen molar-refractivity contribution in [1.29, 1.82) is 0 Å². The highest BCUT2D eigenvalue weighted by Crippen LogP contribution is 2.40. The van der Waals surface area contributed by atoms with E-state index in [9.17, 15) is 23.1 Å². The van der Waals surface area contributed by atoms with Crippen LogP contribution in [0.1, 0.15) is 43.9 Å². The molecule has 1 fully saturated rings. The van der Waals surface area contributed by atoms with Gasteiger partial charge in [-0.2, -0.15) is 13.2 Å². The number of fused-ring (bicyclic) bond motifs is 2. The fourth-order valence-corrected chi connectivity index (χ4v) is 5.00. The normalized spacial score (nSPS) is 17.1. The van der Waals surface area contributed by atoms with Crippen molar-refractivity contribution in [1.82, 2.24) is 4.90 Å². The molecule has 1 saturated heterocycles. The number of phenolic OH excluding ortho intramolecular Hbond substituents is 1. The molecular formula is C28H26F3NO4. The second-order valence-electron chi connectivity index (χ2n) is 9.17.